The molecule has 0 saturated carbocycles. The SMILES string of the molecule is C1CCC(c2nc3c(s2)CSCC3)NC1. The van der Waals surface area contributed by atoms with Gasteiger partial charge in [-0.3, -0.25) is 0 Å². The third-order valence-electron chi connectivity index (χ3n) is 3.12. The summed E-state index contributed by atoms with van der Waals surface area (Å²) in [6.07, 6.45) is 5.15. The molecule has 0 amide bonds. The molecule has 1 aromatic heterocycles. The van der Waals surface area contributed by atoms with Crippen LogP contribution >= 0.6 is 23.1 Å². The molecule has 3 rings (SSSR count). The molecule has 1 saturated heterocycles. The van der Waals surface area contributed by atoms with Crippen LogP contribution in [-0.2, 0) is 12.2 Å². The fourth-order valence-corrected chi connectivity index (χ4v) is 4.59. The highest BCUT2D eigenvalue weighted by Crippen LogP contribution is 2.34. The fraction of sp³-hybridized carbons (Fsp3) is 0.727. The number of hydrogen-bond donors (Lipinski definition) is 1. The zero-order chi connectivity index (χ0) is 10.1. The van der Waals surface area contributed by atoms with Crippen LogP contribution in [0.5, 0.6) is 0 Å². The molecule has 2 nitrogen and oxygen atoms in total. The number of fused-ring (bicyclic) bond motifs is 1. The van der Waals surface area contributed by atoms with Crippen LogP contribution < -0.4 is 5.32 Å². The highest BCUT2D eigenvalue weighted by atomic mass is 32.2. The minimum Gasteiger partial charge on any atom is -0.308 e. The lowest BCUT2D eigenvalue weighted by atomic mass is 10.1. The highest BCUT2D eigenvalue weighted by Gasteiger charge is 2.22. The number of aromatic nitrogens is 1. The molecule has 0 spiro atoms. The summed E-state index contributed by atoms with van der Waals surface area (Å²) in [5.74, 6) is 2.45. The van der Waals surface area contributed by atoms with Gasteiger partial charge in [0.2, 0.25) is 0 Å². The maximum atomic E-state index is 4.82. The van der Waals surface area contributed by atoms with Crippen molar-refractivity contribution in [1.82, 2.24) is 10.3 Å². The van der Waals surface area contributed by atoms with E-state index < -0.39 is 0 Å². The van der Waals surface area contributed by atoms with Gasteiger partial charge in [-0.15, -0.1) is 11.3 Å². The third kappa shape index (κ3) is 2.08. The smallest absolute Gasteiger partial charge is 0.110 e. The third-order valence-corrected chi connectivity index (χ3v) is 5.50. The Morgan fingerprint density at radius 3 is 3.13 bits per heavy atom. The van der Waals surface area contributed by atoms with Crippen molar-refractivity contribution in [1.29, 1.82) is 0 Å². The molecule has 15 heavy (non-hydrogen) atoms. The first-order valence-electron chi connectivity index (χ1n) is 5.73. The first kappa shape index (κ1) is 10.1. The van der Waals surface area contributed by atoms with Gasteiger partial charge in [-0.1, -0.05) is 6.42 Å². The van der Waals surface area contributed by atoms with E-state index in [0.29, 0.717) is 6.04 Å². The zero-order valence-electron chi connectivity index (χ0n) is 8.79. The molecule has 0 aliphatic carbocycles. The first-order chi connectivity index (χ1) is 7.43. The van der Waals surface area contributed by atoms with E-state index in [9.17, 15) is 0 Å². The quantitative estimate of drug-likeness (QED) is 0.817. The maximum Gasteiger partial charge on any atom is 0.110 e. The number of nitrogens with zero attached hydrogens (tertiary/aromatic N) is 1. The molecular weight excluding hydrogens is 224 g/mol. The normalized spacial score (nSPS) is 26.3. The topological polar surface area (TPSA) is 24.9 Å². The highest BCUT2D eigenvalue weighted by molar-refractivity contribution is 7.98. The molecule has 2 aliphatic rings. The Hall–Kier alpha value is -0.0600. The van der Waals surface area contributed by atoms with Crippen molar-refractivity contribution in [3.63, 3.8) is 0 Å². The van der Waals surface area contributed by atoms with Gasteiger partial charge < -0.3 is 5.32 Å². The monoisotopic (exact) mass is 240 g/mol. The summed E-state index contributed by atoms with van der Waals surface area (Å²) in [4.78, 5) is 6.35. The van der Waals surface area contributed by atoms with Gasteiger partial charge in [0, 0.05) is 10.6 Å². The van der Waals surface area contributed by atoms with Crippen LogP contribution in [0.1, 0.15) is 40.9 Å². The van der Waals surface area contributed by atoms with Crippen molar-refractivity contribution in [3.05, 3.63) is 15.6 Å². The van der Waals surface area contributed by atoms with E-state index in [1.807, 2.05) is 23.1 Å². The van der Waals surface area contributed by atoms with Crippen molar-refractivity contribution in [2.45, 2.75) is 37.5 Å². The Balaban J connectivity index is 1.82. The number of thiazole rings is 1. The van der Waals surface area contributed by atoms with Crippen LogP contribution in [-0.4, -0.2) is 17.3 Å². The molecule has 1 unspecified atom stereocenters. The molecule has 1 aromatic rings. The summed E-state index contributed by atoms with van der Waals surface area (Å²) in [5, 5.41) is 4.93. The van der Waals surface area contributed by atoms with Gasteiger partial charge in [0.1, 0.15) is 5.01 Å². The Kier molecular flexibility index (Phi) is 2.99. The van der Waals surface area contributed by atoms with Gasteiger partial charge >= 0.3 is 0 Å². The van der Waals surface area contributed by atoms with Crippen molar-refractivity contribution in [3.8, 4) is 0 Å². The molecule has 0 aromatic carbocycles. The number of piperidine rings is 1. The Morgan fingerprint density at radius 1 is 1.33 bits per heavy atom. The van der Waals surface area contributed by atoms with E-state index in [-0.39, 0.29) is 0 Å². The zero-order valence-corrected chi connectivity index (χ0v) is 10.4. The lowest BCUT2D eigenvalue weighted by Crippen LogP contribution is -2.26. The number of rotatable bonds is 1. The Labute approximate surface area is 98.9 Å². The van der Waals surface area contributed by atoms with E-state index in [1.165, 1.54) is 59.3 Å². The van der Waals surface area contributed by atoms with Gasteiger partial charge in [-0.25, -0.2) is 4.98 Å². The molecule has 3 heterocycles. The molecule has 4 heteroatoms. The summed E-state index contributed by atoms with van der Waals surface area (Å²) >= 11 is 3.99. The van der Waals surface area contributed by atoms with Gasteiger partial charge in [0.25, 0.3) is 0 Å². The van der Waals surface area contributed by atoms with Gasteiger partial charge in [-0.2, -0.15) is 11.8 Å². The second-order valence-electron chi connectivity index (χ2n) is 4.23. The van der Waals surface area contributed by atoms with Gasteiger partial charge in [-0.05, 0) is 31.6 Å². The summed E-state index contributed by atoms with van der Waals surface area (Å²) in [6.45, 7) is 1.17. The van der Waals surface area contributed by atoms with Crippen LogP contribution in [0.25, 0.3) is 0 Å². The molecule has 2 aliphatic heterocycles. The van der Waals surface area contributed by atoms with E-state index in [2.05, 4.69) is 5.32 Å². The Bertz CT molecular complexity index is 319. The average Bonchev–Trinajstić information content (AvgIpc) is 2.74. The number of nitrogens with one attached hydrogen (secondary N) is 1. The minimum atomic E-state index is 0.555. The van der Waals surface area contributed by atoms with Crippen LogP contribution in [0.15, 0.2) is 0 Å². The van der Waals surface area contributed by atoms with E-state index >= 15 is 0 Å². The molecular formula is C11H16N2S2. The van der Waals surface area contributed by atoms with Crippen LogP contribution in [0, 0.1) is 0 Å². The van der Waals surface area contributed by atoms with E-state index in [1.54, 1.807) is 0 Å². The molecule has 0 bridgehead atoms. The second-order valence-corrected chi connectivity index (χ2v) is 6.45. The summed E-state index contributed by atoms with van der Waals surface area (Å²) in [5.41, 5.74) is 1.39. The second kappa shape index (κ2) is 4.44. The van der Waals surface area contributed by atoms with Crippen LogP contribution in [0.3, 0.4) is 0 Å². The lowest BCUT2D eigenvalue weighted by molar-refractivity contribution is 0.411. The summed E-state index contributed by atoms with van der Waals surface area (Å²) in [7, 11) is 0. The van der Waals surface area contributed by atoms with E-state index in [0.717, 1.165) is 0 Å². The summed E-state index contributed by atoms with van der Waals surface area (Å²) < 4.78 is 0. The van der Waals surface area contributed by atoms with Crippen LogP contribution in [0.4, 0.5) is 0 Å². The summed E-state index contributed by atoms with van der Waals surface area (Å²) in [6, 6.07) is 0.555. The van der Waals surface area contributed by atoms with Crippen molar-refractivity contribution < 1.29 is 0 Å². The predicted octanol–water partition coefficient (Wildman–Crippen LogP) is 2.75. The molecule has 1 fully saturated rings. The fourth-order valence-electron chi connectivity index (χ4n) is 2.26. The molecule has 0 radical (unpaired) electrons. The van der Waals surface area contributed by atoms with Crippen LogP contribution in [0.2, 0.25) is 0 Å². The largest absolute Gasteiger partial charge is 0.308 e. The number of hydrogen-bond acceptors (Lipinski definition) is 4. The van der Waals surface area contributed by atoms with Gasteiger partial charge in [0.15, 0.2) is 0 Å². The maximum absolute atomic E-state index is 4.82. The minimum absolute atomic E-state index is 0.555. The predicted molar refractivity (Wildman–Crippen MR) is 66.6 cm³/mol. The molecule has 1 atom stereocenters. The standard InChI is InChI=1S/C11H16N2S2/c1-2-5-12-9(3-1)11-13-8-4-6-14-7-10(8)15-11/h9,12H,1-7H2. The van der Waals surface area contributed by atoms with Crippen molar-refractivity contribution in [2.75, 3.05) is 12.3 Å². The van der Waals surface area contributed by atoms with Crippen molar-refractivity contribution in [2.24, 2.45) is 0 Å². The number of aryl methyl sites for hydroxylation is 1. The molecule has 1 N–H and O–H groups in total. The Morgan fingerprint density at radius 2 is 2.33 bits per heavy atom. The number of thioether (sulfide) groups is 1. The lowest BCUT2D eigenvalue weighted by Gasteiger charge is -2.21. The average molecular weight is 240 g/mol. The molecule has 82 valence electrons. The first-order valence-corrected chi connectivity index (χ1v) is 7.70. The van der Waals surface area contributed by atoms with Gasteiger partial charge in [0.05, 0.1) is 11.7 Å². The van der Waals surface area contributed by atoms with Crippen molar-refractivity contribution >= 4 is 23.1 Å². The van der Waals surface area contributed by atoms with E-state index in [4.69, 9.17) is 4.98 Å².